The normalized spacial score (nSPS) is 13.2. The molecule has 0 aliphatic carbocycles. The zero-order valence-electron chi connectivity index (χ0n) is 14.7. The molecule has 1 amide bonds. The van der Waals surface area contributed by atoms with Crippen molar-refractivity contribution in [2.45, 2.75) is 12.5 Å². The average molecular weight is 393 g/mol. The molecule has 1 N–H and O–H groups in total. The van der Waals surface area contributed by atoms with E-state index >= 15 is 0 Å². The number of hydrogen-bond acceptors (Lipinski definition) is 6. The second-order valence-corrected chi connectivity index (χ2v) is 6.03. The molecule has 0 unspecified atom stereocenters. The lowest BCUT2D eigenvalue weighted by Crippen LogP contribution is -2.42. The molecule has 2 aromatic rings. The number of rotatable bonds is 8. The largest absolute Gasteiger partial charge is 0.485 e. The number of carbonyl (C=O) groups excluding carboxylic acids is 1. The van der Waals surface area contributed by atoms with E-state index in [4.69, 9.17) is 9.47 Å². The van der Waals surface area contributed by atoms with E-state index in [1.807, 2.05) is 0 Å². The molecule has 0 radical (unpaired) electrons. The Morgan fingerprint density at radius 1 is 1.11 bits per heavy atom. The van der Waals surface area contributed by atoms with Crippen molar-refractivity contribution in [1.29, 1.82) is 0 Å². The first-order valence-electron chi connectivity index (χ1n) is 8.46. The van der Waals surface area contributed by atoms with Crippen LogP contribution in [0.3, 0.4) is 0 Å². The van der Waals surface area contributed by atoms with Crippen LogP contribution >= 0.6 is 0 Å². The number of carboxylic acids is 1. The first kappa shape index (κ1) is 19.5. The van der Waals surface area contributed by atoms with E-state index in [0.29, 0.717) is 13.1 Å². The molecule has 0 spiro atoms. The van der Waals surface area contributed by atoms with Gasteiger partial charge in [0.2, 0.25) is 5.88 Å². The fourth-order valence-corrected chi connectivity index (χ4v) is 2.40. The van der Waals surface area contributed by atoms with E-state index in [0.717, 1.165) is 12.5 Å². The SMILES string of the molecule is O=C(O)c1cc(Oc2cnc(C(=O)N3CCC3)cn2)cc(OC(CF)CF)c1. The van der Waals surface area contributed by atoms with Gasteiger partial charge in [-0.1, -0.05) is 0 Å². The van der Waals surface area contributed by atoms with Crippen LogP contribution in [0, 0.1) is 0 Å². The monoisotopic (exact) mass is 393 g/mol. The quantitative estimate of drug-likeness (QED) is 0.735. The molecule has 0 saturated carbocycles. The molecule has 148 valence electrons. The van der Waals surface area contributed by atoms with Crippen molar-refractivity contribution >= 4 is 11.9 Å². The molecule has 2 heterocycles. The molecule has 1 aliphatic rings. The summed E-state index contributed by atoms with van der Waals surface area (Å²) in [6.45, 7) is -0.769. The van der Waals surface area contributed by atoms with Crippen LogP contribution in [-0.2, 0) is 0 Å². The lowest BCUT2D eigenvalue weighted by Gasteiger charge is -2.30. The van der Waals surface area contributed by atoms with Gasteiger partial charge in [0.1, 0.15) is 30.5 Å². The van der Waals surface area contributed by atoms with Crippen LogP contribution in [0.25, 0.3) is 0 Å². The third kappa shape index (κ3) is 4.51. The molecule has 8 nitrogen and oxygen atoms in total. The second-order valence-electron chi connectivity index (χ2n) is 6.03. The summed E-state index contributed by atoms with van der Waals surface area (Å²) >= 11 is 0. The number of halogens is 2. The Kier molecular flexibility index (Phi) is 5.97. The number of ether oxygens (including phenoxy) is 2. The van der Waals surface area contributed by atoms with Gasteiger partial charge in [-0.2, -0.15) is 0 Å². The van der Waals surface area contributed by atoms with E-state index in [2.05, 4.69) is 9.97 Å². The topological polar surface area (TPSA) is 102 Å². The smallest absolute Gasteiger partial charge is 0.335 e. The van der Waals surface area contributed by atoms with E-state index in [1.165, 1.54) is 24.5 Å². The van der Waals surface area contributed by atoms with Gasteiger partial charge >= 0.3 is 5.97 Å². The maximum Gasteiger partial charge on any atom is 0.335 e. The third-order valence-electron chi connectivity index (χ3n) is 3.99. The predicted octanol–water partition coefficient (Wildman–Crippen LogP) is 2.50. The van der Waals surface area contributed by atoms with Crippen LogP contribution < -0.4 is 9.47 Å². The lowest BCUT2D eigenvalue weighted by molar-refractivity contribution is 0.0643. The zero-order chi connectivity index (χ0) is 20.1. The number of amides is 1. The van der Waals surface area contributed by atoms with Crippen molar-refractivity contribution in [2.24, 2.45) is 0 Å². The molecule has 3 rings (SSSR count). The Bertz CT molecular complexity index is 855. The first-order valence-corrected chi connectivity index (χ1v) is 8.46. The highest BCUT2D eigenvalue weighted by atomic mass is 19.1. The average Bonchev–Trinajstić information content (AvgIpc) is 2.65. The minimum absolute atomic E-state index is 0.0150. The number of carboxylic acid groups (broad SMARTS) is 1. The maximum absolute atomic E-state index is 12.7. The number of hydrogen-bond donors (Lipinski definition) is 1. The predicted molar refractivity (Wildman–Crippen MR) is 92.4 cm³/mol. The van der Waals surface area contributed by atoms with Crippen LogP contribution in [0.4, 0.5) is 8.78 Å². The van der Waals surface area contributed by atoms with Gasteiger partial charge in [-0.3, -0.25) is 4.79 Å². The Balaban J connectivity index is 1.77. The highest BCUT2D eigenvalue weighted by Gasteiger charge is 2.23. The summed E-state index contributed by atoms with van der Waals surface area (Å²) in [4.78, 5) is 33.0. The van der Waals surface area contributed by atoms with Crippen LogP contribution in [0.5, 0.6) is 17.4 Å². The first-order chi connectivity index (χ1) is 13.5. The van der Waals surface area contributed by atoms with Gasteiger partial charge in [0.25, 0.3) is 5.91 Å². The molecule has 1 aliphatic heterocycles. The molecule has 28 heavy (non-hydrogen) atoms. The molecular weight excluding hydrogens is 376 g/mol. The number of aromatic carboxylic acids is 1. The third-order valence-corrected chi connectivity index (χ3v) is 3.99. The molecule has 1 saturated heterocycles. The van der Waals surface area contributed by atoms with Gasteiger partial charge in [-0.05, 0) is 18.6 Å². The summed E-state index contributed by atoms with van der Waals surface area (Å²) in [5.74, 6) is -1.51. The summed E-state index contributed by atoms with van der Waals surface area (Å²) in [7, 11) is 0. The minimum atomic E-state index is -1.34. The van der Waals surface area contributed by atoms with Gasteiger partial charge < -0.3 is 19.5 Å². The van der Waals surface area contributed by atoms with Crippen LogP contribution in [-0.4, -0.2) is 64.4 Å². The number of aromatic nitrogens is 2. The Morgan fingerprint density at radius 3 is 2.36 bits per heavy atom. The van der Waals surface area contributed by atoms with Crippen molar-refractivity contribution in [1.82, 2.24) is 14.9 Å². The van der Waals surface area contributed by atoms with Gasteiger partial charge in [-0.15, -0.1) is 0 Å². The molecule has 1 aromatic carbocycles. The Hall–Kier alpha value is -3.30. The van der Waals surface area contributed by atoms with Crippen LogP contribution in [0.2, 0.25) is 0 Å². The molecule has 1 fully saturated rings. The second kappa shape index (κ2) is 8.59. The summed E-state index contributed by atoms with van der Waals surface area (Å²) in [5, 5.41) is 9.20. The summed E-state index contributed by atoms with van der Waals surface area (Å²) in [6.07, 6.45) is 2.10. The van der Waals surface area contributed by atoms with Gasteiger partial charge in [-0.25, -0.2) is 23.5 Å². The van der Waals surface area contributed by atoms with Crippen LogP contribution in [0.1, 0.15) is 27.3 Å². The summed E-state index contributed by atoms with van der Waals surface area (Å²) in [6, 6.07) is 3.62. The molecule has 0 atom stereocenters. The minimum Gasteiger partial charge on any atom is -0.485 e. The van der Waals surface area contributed by atoms with Crippen molar-refractivity contribution in [2.75, 3.05) is 26.4 Å². The number of benzene rings is 1. The van der Waals surface area contributed by atoms with Gasteiger partial charge in [0.05, 0.1) is 18.0 Å². The number of alkyl halides is 2. The zero-order valence-corrected chi connectivity index (χ0v) is 14.7. The van der Waals surface area contributed by atoms with Crippen molar-refractivity contribution in [3.63, 3.8) is 0 Å². The molecule has 0 bridgehead atoms. The molecular formula is C18H17F2N3O5. The highest BCUT2D eigenvalue weighted by molar-refractivity contribution is 5.92. The highest BCUT2D eigenvalue weighted by Crippen LogP contribution is 2.27. The van der Waals surface area contributed by atoms with Gasteiger partial charge in [0, 0.05) is 19.2 Å². The fourth-order valence-electron chi connectivity index (χ4n) is 2.40. The molecule has 1 aromatic heterocycles. The van der Waals surface area contributed by atoms with Crippen molar-refractivity contribution in [3.05, 3.63) is 41.9 Å². The van der Waals surface area contributed by atoms with Crippen molar-refractivity contribution in [3.8, 4) is 17.4 Å². The van der Waals surface area contributed by atoms with Crippen LogP contribution in [0.15, 0.2) is 30.6 Å². The van der Waals surface area contributed by atoms with E-state index in [1.54, 1.807) is 4.90 Å². The lowest BCUT2D eigenvalue weighted by atomic mass is 10.2. The molecule has 10 heteroatoms. The summed E-state index contributed by atoms with van der Waals surface area (Å²) < 4.78 is 35.9. The standard InChI is InChI=1S/C18H17F2N3O5/c19-7-14(8-20)27-12-4-11(18(25)26)5-13(6-12)28-16-10-21-15(9-22-16)17(24)23-2-1-3-23/h4-6,9-10,14H,1-3,7-8H2,(H,25,26). The number of nitrogens with zero attached hydrogens (tertiary/aromatic N) is 3. The number of likely N-dealkylation sites (tertiary alicyclic amines) is 1. The Morgan fingerprint density at radius 2 is 1.82 bits per heavy atom. The van der Waals surface area contributed by atoms with Crippen molar-refractivity contribution < 1.29 is 33.0 Å². The maximum atomic E-state index is 12.7. The Labute approximate surface area is 158 Å². The van der Waals surface area contributed by atoms with E-state index in [9.17, 15) is 23.5 Å². The van der Waals surface area contributed by atoms with Gasteiger partial charge in [0.15, 0.2) is 6.10 Å². The van der Waals surface area contributed by atoms with E-state index in [-0.39, 0.29) is 34.5 Å². The fraction of sp³-hybridized carbons (Fsp3) is 0.333. The number of carbonyl (C=O) groups is 2. The van der Waals surface area contributed by atoms with E-state index < -0.39 is 25.4 Å². The summed E-state index contributed by atoms with van der Waals surface area (Å²) in [5.41, 5.74) is -0.0226.